The van der Waals surface area contributed by atoms with E-state index in [9.17, 15) is 0 Å². The van der Waals surface area contributed by atoms with E-state index in [0.717, 1.165) is 74.2 Å². The third-order valence-electron chi connectivity index (χ3n) is 7.04. The Bertz CT molecular complexity index is 1060. The summed E-state index contributed by atoms with van der Waals surface area (Å²) in [6.45, 7) is 9.25. The topological polar surface area (TPSA) is 76.1 Å². The normalized spacial score (nSPS) is 18.4. The highest BCUT2D eigenvalue weighted by Crippen LogP contribution is 2.35. The number of anilines is 1. The highest BCUT2D eigenvalue weighted by molar-refractivity contribution is 5.61. The van der Waals surface area contributed by atoms with Gasteiger partial charge in [0.25, 0.3) is 0 Å². The highest BCUT2D eigenvalue weighted by Gasteiger charge is 2.27. The molecule has 0 radical (unpaired) electrons. The van der Waals surface area contributed by atoms with Crippen LogP contribution in [0.4, 0.5) is 5.95 Å². The van der Waals surface area contributed by atoms with E-state index in [2.05, 4.69) is 27.0 Å². The van der Waals surface area contributed by atoms with E-state index in [0.29, 0.717) is 5.92 Å². The Hall–Kier alpha value is -2.74. The van der Waals surface area contributed by atoms with Gasteiger partial charge in [-0.15, -0.1) is 0 Å². The van der Waals surface area contributed by atoms with Crippen molar-refractivity contribution in [2.24, 2.45) is 7.05 Å². The van der Waals surface area contributed by atoms with Crippen LogP contribution >= 0.6 is 0 Å². The number of aromatic nitrogens is 5. The van der Waals surface area contributed by atoms with Crippen molar-refractivity contribution in [2.75, 3.05) is 31.1 Å². The Labute approximate surface area is 189 Å². The van der Waals surface area contributed by atoms with Crippen LogP contribution in [-0.2, 0) is 13.6 Å². The van der Waals surface area contributed by atoms with Crippen LogP contribution < -0.4 is 4.90 Å². The van der Waals surface area contributed by atoms with Crippen LogP contribution in [0, 0.1) is 13.8 Å². The van der Waals surface area contributed by atoms with E-state index in [1.807, 2.05) is 37.1 Å². The number of aryl methyl sites for hydroxylation is 2. The molecule has 2 aliphatic rings. The van der Waals surface area contributed by atoms with Crippen molar-refractivity contribution < 1.29 is 4.52 Å². The maximum atomic E-state index is 5.62. The van der Waals surface area contributed by atoms with Gasteiger partial charge in [-0.05, 0) is 59.0 Å². The minimum absolute atomic E-state index is 0.396. The predicted octanol–water partition coefficient (Wildman–Crippen LogP) is 3.85. The highest BCUT2D eigenvalue weighted by atomic mass is 16.5. The van der Waals surface area contributed by atoms with Crippen LogP contribution in [-0.4, -0.2) is 56.0 Å². The summed E-state index contributed by atoms with van der Waals surface area (Å²) in [5.41, 5.74) is 5.56. The van der Waals surface area contributed by atoms with Crippen LogP contribution in [0.3, 0.4) is 0 Å². The van der Waals surface area contributed by atoms with E-state index in [1.54, 1.807) is 0 Å². The van der Waals surface area contributed by atoms with Crippen molar-refractivity contribution in [3.63, 3.8) is 0 Å². The van der Waals surface area contributed by atoms with Gasteiger partial charge in [0.2, 0.25) is 5.95 Å². The maximum absolute atomic E-state index is 5.62. The summed E-state index contributed by atoms with van der Waals surface area (Å²) in [5.74, 6) is 2.04. The molecule has 0 bridgehead atoms. The van der Waals surface area contributed by atoms with Gasteiger partial charge >= 0.3 is 0 Å². The molecule has 0 saturated carbocycles. The van der Waals surface area contributed by atoms with Crippen LogP contribution in [0.1, 0.15) is 60.7 Å². The van der Waals surface area contributed by atoms with Crippen molar-refractivity contribution in [3.8, 4) is 11.3 Å². The van der Waals surface area contributed by atoms with Gasteiger partial charge in [0.05, 0.1) is 23.1 Å². The fourth-order valence-corrected chi connectivity index (χ4v) is 4.93. The van der Waals surface area contributed by atoms with Crippen LogP contribution in [0.2, 0.25) is 0 Å². The lowest BCUT2D eigenvalue weighted by molar-refractivity contribution is 0.203. The molecule has 0 unspecified atom stereocenters. The molecule has 3 aromatic rings. The predicted molar refractivity (Wildman–Crippen MR) is 124 cm³/mol. The lowest BCUT2D eigenvalue weighted by atomic mass is 9.90. The van der Waals surface area contributed by atoms with Gasteiger partial charge in [-0.1, -0.05) is 5.16 Å². The largest absolute Gasteiger partial charge is 0.356 e. The summed E-state index contributed by atoms with van der Waals surface area (Å²) >= 11 is 0. The van der Waals surface area contributed by atoms with Gasteiger partial charge in [0.1, 0.15) is 0 Å². The zero-order valence-electron chi connectivity index (χ0n) is 19.4. The van der Waals surface area contributed by atoms with Crippen molar-refractivity contribution in [1.82, 2.24) is 29.8 Å². The van der Waals surface area contributed by atoms with Crippen molar-refractivity contribution in [2.45, 2.75) is 58.4 Å². The first-order valence-electron chi connectivity index (χ1n) is 11.8. The monoisotopic (exact) mass is 435 g/mol. The van der Waals surface area contributed by atoms with Crippen LogP contribution in [0.25, 0.3) is 11.3 Å². The average molecular weight is 436 g/mol. The van der Waals surface area contributed by atoms with Gasteiger partial charge in [0.15, 0.2) is 5.76 Å². The molecule has 3 aromatic heterocycles. The van der Waals surface area contributed by atoms with Crippen LogP contribution in [0.15, 0.2) is 23.0 Å². The molecule has 2 fully saturated rings. The summed E-state index contributed by atoms with van der Waals surface area (Å²) in [5, 5.41) is 8.50. The third kappa shape index (κ3) is 4.28. The summed E-state index contributed by atoms with van der Waals surface area (Å²) < 4.78 is 7.57. The molecule has 0 atom stereocenters. The Morgan fingerprint density at radius 3 is 2.47 bits per heavy atom. The molecule has 0 spiro atoms. The van der Waals surface area contributed by atoms with E-state index in [4.69, 9.17) is 14.5 Å². The molecule has 0 amide bonds. The zero-order chi connectivity index (χ0) is 22.1. The number of hydrogen-bond acceptors (Lipinski definition) is 7. The molecule has 2 saturated heterocycles. The second-order valence-electron chi connectivity index (χ2n) is 9.28. The summed E-state index contributed by atoms with van der Waals surface area (Å²) in [4.78, 5) is 14.7. The minimum atomic E-state index is 0.396. The van der Waals surface area contributed by atoms with E-state index < -0.39 is 0 Å². The molecule has 0 aromatic carbocycles. The fraction of sp³-hybridized carbons (Fsp3) is 0.583. The number of likely N-dealkylation sites (tertiary alicyclic amines) is 1. The van der Waals surface area contributed by atoms with Gasteiger partial charge in [0, 0.05) is 56.1 Å². The van der Waals surface area contributed by atoms with Crippen LogP contribution in [0.5, 0.6) is 0 Å². The molecule has 5 heterocycles. The lowest BCUT2D eigenvalue weighted by Crippen LogP contribution is -2.34. The van der Waals surface area contributed by atoms with E-state index >= 15 is 0 Å². The van der Waals surface area contributed by atoms with Gasteiger partial charge in [-0.2, -0.15) is 5.10 Å². The summed E-state index contributed by atoms with van der Waals surface area (Å²) in [6.07, 6.45) is 9.85. The standard InChI is InChI=1S/C24H33N7O/c1-17-13-22(32-28-17)21-15-25-24(31-9-5-4-6-10-31)27-23(21)19-7-11-30(12-8-19)16-20-14-26-29(3)18(20)2/h13-15,19H,4-12,16H2,1-3H3. The quantitative estimate of drug-likeness (QED) is 0.602. The zero-order valence-corrected chi connectivity index (χ0v) is 19.4. The summed E-state index contributed by atoms with van der Waals surface area (Å²) in [7, 11) is 2.01. The maximum Gasteiger partial charge on any atom is 0.225 e. The first-order chi connectivity index (χ1) is 15.6. The van der Waals surface area contributed by atoms with Crippen molar-refractivity contribution >= 4 is 5.95 Å². The van der Waals surface area contributed by atoms with Crippen molar-refractivity contribution in [3.05, 3.63) is 41.1 Å². The first kappa shape index (κ1) is 21.1. The number of rotatable bonds is 5. The molecule has 8 nitrogen and oxygen atoms in total. The Balaban J connectivity index is 1.36. The number of nitrogens with zero attached hydrogens (tertiary/aromatic N) is 7. The van der Waals surface area contributed by atoms with Gasteiger partial charge in [-0.3, -0.25) is 9.58 Å². The number of piperidine rings is 2. The first-order valence-corrected chi connectivity index (χ1v) is 11.8. The summed E-state index contributed by atoms with van der Waals surface area (Å²) in [6, 6.07) is 1.99. The molecule has 2 aliphatic heterocycles. The van der Waals surface area contributed by atoms with E-state index in [1.165, 1.54) is 30.5 Å². The van der Waals surface area contributed by atoms with Gasteiger partial charge in [-0.25, -0.2) is 9.97 Å². The molecule has 0 aliphatic carbocycles. The fourth-order valence-electron chi connectivity index (χ4n) is 4.93. The van der Waals surface area contributed by atoms with Gasteiger partial charge < -0.3 is 9.42 Å². The average Bonchev–Trinajstić information content (AvgIpc) is 3.40. The Morgan fingerprint density at radius 1 is 1.03 bits per heavy atom. The molecule has 5 rings (SSSR count). The van der Waals surface area contributed by atoms with E-state index in [-0.39, 0.29) is 0 Å². The second kappa shape index (κ2) is 9.02. The molecular weight excluding hydrogens is 402 g/mol. The second-order valence-corrected chi connectivity index (χ2v) is 9.28. The molecule has 0 N–H and O–H groups in total. The molecule has 8 heteroatoms. The molecule has 32 heavy (non-hydrogen) atoms. The smallest absolute Gasteiger partial charge is 0.225 e. The SMILES string of the molecule is Cc1cc(-c2cnc(N3CCCCC3)nc2C2CCN(Cc3cnn(C)c3C)CC2)on1. The molecule has 170 valence electrons. The Kier molecular flexibility index (Phi) is 5.95. The third-order valence-corrected chi connectivity index (χ3v) is 7.04. The minimum Gasteiger partial charge on any atom is -0.356 e. The Morgan fingerprint density at radius 2 is 1.81 bits per heavy atom. The number of hydrogen-bond donors (Lipinski definition) is 0. The molecular formula is C24H33N7O. The van der Waals surface area contributed by atoms with Crippen molar-refractivity contribution in [1.29, 1.82) is 0 Å². The lowest BCUT2D eigenvalue weighted by Gasteiger charge is -2.33.